The molecule has 0 radical (unpaired) electrons. The highest BCUT2D eigenvalue weighted by Gasteiger charge is 2.24. The molecule has 3 N–H and O–H groups in total. The molecule has 0 aliphatic rings. The SMILES string of the molecule is Oc1ccc(C(c2c[nH]c3c(Cl)nccc23)c2c[nH]c3c(Cl)nccc23)cc1. The van der Waals surface area contributed by atoms with E-state index in [1.807, 2.05) is 36.7 Å². The fraction of sp³-hybridized carbons (Fsp3) is 0.0476. The summed E-state index contributed by atoms with van der Waals surface area (Å²) in [7, 11) is 0. The first-order valence-corrected chi connectivity index (χ1v) is 9.41. The predicted molar refractivity (Wildman–Crippen MR) is 111 cm³/mol. The summed E-state index contributed by atoms with van der Waals surface area (Å²) in [6.07, 6.45) is 7.31. The molecule has 0 atom stereocenters. The van der Waals surface area contributed by atoms with Crippen molar-refractivity contribution in [2.24, 2.45) is 0 Å². The van der Waals surface area contributed by atoms with E-state index in [0.29, 0.717) is 10.3 Å². The Kier molecular flexibility index (Phi) is 4.00. The van der Waals surface area contributed by atoms with Gasteiger partial charge in [-0.25, -0.2) is 9.97 Å². The van der Waals surface area contributed by atoms with Crippen molar-refractivity contribution in [3.63, 3.8) is 0 Å². The fourth-order valence-corrected chi connectivity index (χ4v) is 4.18. The van der Waals surface area contributed by atoms with Gasteiger partial charge in [0.25, 0.3) is 0 Å². The molecule has 28 heavy (non-hydrogen) atoms. The van der Waals surface area contributed by atoms with Gasteiger partial charge >= 0.3 is 0 Å². The summed E-state index contributed by atoms with van der Waals surface area (Å²) >= 11 is 12.6. The molecule has 0 bridgehead atoms. The predicted octanol–water partition coefficient (Wildman–Crippen LogP) is 5.63. The minimum atomic E-state index is -0.111. The summed E-state index contributed by atoms with van der Waals surface area (Å²) in [4.78, 5) is 14.8. The van der Waals surface area contributed by atoms with Gasteiger partial charge in [-0.2, -0.15) is 0 Å². The van der Waals surface area contributed by atoms with Crippen LogP contribution in [0.25, 0.3) is 21.8 Å². The molecule has 5 aromatic rings. The third kappa shape index (κ3) is 2.63. The largest absolute Gasteiger partial charge is 0.508 e. The average Bonchev–Trinajstić information content (AvgIpc) is 3.31. The lowest BCUT2D eigenvalue weighted by atomic mass is 9.85. The van der Waals surface area contributed by atoms with Crippen molar-refractivity contribution in [3.05, 3.63) is 88.2 Å². The lowest BCUT2D eigenvalue weighted by Crippen LogP contribution is -2.02. The highest BCUT2D eigenvalue weighted by Crippen LogP contribution is 2.41. The topological polar surface area (TPSA) is 77.6 Å². The number of phenolic OH excluding ortho intramolecular Hbond substituents is 1. The molecular formula is C21H14Cl2N4O. The molecule has 0 aliphatic heterocycles. The first-order valence-electron chi connectivity index (χ1n) is 8.65. The molecule has 0 amide bonds. The van der Waals surface area contributed by atoms with Gasteiger partial charge in [0.2, 0.25) is 0 Å². The van der Waals surface area contributed by atoms with Gasteiger partial charge in [0.05, 0.1) is 11.0 Å². The van der Waals surface area contributed by atoms with Crippen LogP contribution in [0, 0.1) is 0 Å². The Morgan fingerprint density at radius 1 is 0.750 bits per heavy atom. The number of H-pyrrole nitrogens is 2. The number of halogens is 2. The Balaban J connectivity index is 1.81. The maximum absolute atomic E-state index is 9.75. The number of benzene rings is 1. The Hall–Kier alpha value is -3.02. The van der Waals surface area contributed by atoms with Gasteiger partial charge in [0.1, 0.15) is 5.75 Å². The highest BCUT2D eigenvalue weighted by atomic mass is 35.5. The van der Waals surface area contributed by atoms with Gasteiger partial charge in [-0.15, -0.1) is 0 Å². The van der Waals surface area contributed by atoms with E-state index in [1.165, 1.54) is 0 Å². The van der Waals surface area contributed by atoms with Gasteiger partial charge in [-0.05, 0) is 41.0 Å². The molecule has 7 heteroatoms. The third-order valence-electron chi connectivity index (χ3n) is 5.02. The van der Waals surface area contributed by atoms with Crippen LogP contribution in [0.3, 0.4) is 0 Å². The monoisotopic (exact) mass is 408 g/mol. The molecule has 4 heterocycles. The van der Waals surface area contributed by atoms with E-state index in [1.54, 1.807) is 24.5 Å². The maximum Gasteiger partial charge on any atom is 0.153 e. The summed E-state index contributed by atoms with van der Waals surface area (Å²) in [5.41, 5.74) is 4.73. The lowest BCUT2D eigenvalue weighted by Gasteiger charge is -2.17. The summed E-state index contributed by atoms with van der Waals surface area (Å²) in [6.45, 7) is 0. The number of rotatable bonds is 3. The van der Waals surface area contributed by atoms with E-state index in [4.69, 9.17) is 23.2 Å². The number of nitrogens with zero attached hydrogens (tertiary/aromatic N) is 2. The van der Waals surface area contributed by atoms with Crippen molar-refractivity contribution in [2.75, 3.05) is 0 Å². The normalized spacial score (nSPS) is 11.7. The Bertz CT molecular complexity index is 1230. The quantitative estimate of drug-likeness (QED) is 0.338. The smallest absolute Gasteiger partial charge is 0.153 e. The second kappa shape index (κ2) is 6.55. The number of hydrogen-bond donors (Lipinski definition) is 3. The molecule has 0 saturated heterocycles. The zero-order valence-electron chi connectivity index (χ0n) is 14.4. The van der Waals surface area contributed by atoms with Crippen LogP contribution in [-0.2, 0) is 0 Å². The molecule has 1 aromatic carbocycles. The van der Waals surface area contributed by atoms with Crippen molar-refractivity contribution < 1.29 is 5.11 Å². The van der Waals surface area contributed by atoms with Crippen molar-refractivity contribution in [1.82, 2.24) is 19.9 Å². The molecule has 0 unspecified atom stereocenters. The van der Waals surface area contributed by atoms with Gasteiger partial charge in [0, 0.05) is 41.5 Å². The minimum absolute atomic E-state index is 0.111. The minimum Gasteiger partial charge on any atom is -0.508 e. The molecule has 5 rings (SSSR count). The average molecular weight is 409 g/mol. The fourth-order valence-electron chi connectivity index (χ4n) is 3.75. The number of hydrogen-bond acceptors (Lipinski definition) is 3. The number of aromatic hydroxyl groups is 1. The summed E-state index contributed by atoms with van der Waals surface area (Å²) in [5.74, 6) is 0.111. The lowest BCUT2D eigenvalue weighted by molar-refractivity contribution is 0.475. The van der Waals surface area contributed by atoms with Crippen molar-refractivity contribution in [3.8, 4) is 5.75 Å². The summed E-state index contributed by atoms with van der Waals surface area (Å²) in [6, 6.07) is 11.1. The van der Waals surface area contributed by atoms with Crippen LogP contribution >= 0.6 is 23.2 Å². The van der Waals surface area contributed by atoms with E-state index in [2.05, 4.69) is 19.9 Å². The first kappa shape index (κ1) is 17.1. The zero-order chi connectivity index (χ0) is 19.3. The van der Waals surface area contributed by atoms with Gasteiger partial charge < -0.3 is 15.1 Å². The van der Waals surface area contributed by atoms with Gasteiger partial charge in [-0.1, -0.05) is 35.3 Å². The van der Waals surface area contributed by atoms with Crippen LogP contribution in [0.4, 0.5) is 0 Å². The molecule has 5 nitrogen and oxygen atoms in total. The molecular weight excluding hydrogens is 395 g/mol. The van der Waals surface area contributed by atoms with E-state index >= 15 is 0 Å². The second-order valence-electron chi connectivity index (χ2n) is 6.56. The molecule has 0 spiro atoms. The van der Waals surface area contributed by atoms with Crippen molar-refractivity contribution >= 4 is 45.0 Å². The number of fused-ring (bicyclic) bond motifs is 2. The van der Waals surface area contributed by atoms with Crippen LogP contribution < -0.4 is 0 Å². The van der Waals surface area contributed by atoms with Crippen LogP contribution in [0.1, 0.15) is 22.6 Å². The Labute approximate surface area is 170 Å². The highest BCUT2D eigenvalue weighted by molar-refractivity contribution is 6.34. The van der Waals surface area contributed by atoms with E-state index in [-0.39, 0.29) is 11.7 Å². The first-order chi connectivity index (χ1) is 13.6. The number of aromatic amines is 2. The zero-order valence-corrected chi connectivity index (χ0v) is 16.0. The molecule has 138 valence electrons. The number of aromatic nitrogens is 4. The van der Waals surface area contributed by atoms with E-state index < -0.39 is 0 Å². The van der Waals surface area contributed by atoms with Crippen molar-refractivity contribution in [2.45, 2.75) is 5.92 Å². The molecule has 0 saturated carbocycles. The van der Waals surface area contributed by atoms with E-state index in [0.717, 1.165) is 38.5 Å². The molecule has 0 fully saturated rings. The molecule has 4 aromatic heterocycles. The van der Waals surface area contributed by atoms with Crippen LogP contribution in [0.15, 0.2) is 61.2 Å². The third-order valence-corrected chi connectivity index (χ3v) is 5.60. The number of nitrogens with one attached hydrogen (secondary N) is 2. The van der Waals surface area contributed by atoms with Crippen molar-refractivity contribution in [1.29, 1.82) is 0 Å². The summed E-state index contributed by atoms with van der Waals surface area (Å²) in [5, 5.41) is 12.6. The van der Waals surface area contributed by atoms with Gasteiger partial charge in [0.15, 0.2) is 10.3 Å². The maximum atomic E-state index is 9.75. The van der Waals surface area contributed by atoms with Gasteiger partial charge in [-0.3, -0.25) is 0 Å². The standard InChI is InChI=1S/C21H14Cl2N4O/c22-20-18-13(5-7-24-20)15(9-26-18)17(11-1-3-12(28)4-2-11)16-10-27-19-14(16)6-8-25-21(19)23/h1-10,17,26-28H. The summed E-state index contributed by atoms with van der Waals surface area (Å²) < 4.78 is 0. The second-order valence-corrected chi connectivity index (χ2v) is 7.28. The van der Waals surface area contributed by atoms with Crippen LogP contribution in [0.5, 0.6) is 5.75 Å². The Morgan fingerprint density at radius 3 is 1.75 bits per heavy atom. The Morgan fingerprint density at radius 2 is 1.25 bits per heavy atom. The molecule has 0 aliphatic carbocycles. The van der Waals surface area contributed by atoms with Crippen LogP contribution in [0.2, 0.25) is 10.3 Å². The van der Waals surface area contributed by atoms with Crippen LogP contribution in [-0.4, -0.2) is 25.0 Å². The number of phenols is 1. The van der Waals surface area contributed by atoms with E-state index in [9.17, 15) is 5.11 Å². The number of pyridine rings is 2.